The Labute approximate surface area is 76.8 Å². The molecule has 0 aliphatic carbocycles. The van der Waals surface area contributed by atoms with Gasteiger partial charge in [0.05, 0.1) is 12.7 Å². The molecule has 0 aromatic carbocycles. The maximum absolute atomic E-state index is 5.69. The van der Waals surface area contributed by atoms with Crippen molar-refractivity contribution in [2.45, 2.75) is 52.1 Å². The lowest BCUT2D eigenvalue weighted by molar-refractivity contribution is 0.0438. The van der Waals surface area contributed by atoms with Gasteiger partial charge in [0.15, 0.2) is 0 Å². The Bertz CT molecular complexity index is 93.2. The molecular weight excluding hydrogens is 148 g/mol. The van der Waals surface area contributed by atoms with Gasteiger partial charge in [-0.05, 0) is 19.3 Å². The van der Waals surface area contributed by atoms with E-state index in [1.807, 2.05) is 6.08 Å². The van der Waals surface area contributed by atoms with Crippen LogP contribution in [0, 0.1) is 0 Å². The van der Waals surface area contributed by atoms with E-state index in [1.54, 1.807) is 0 Å². The van der Waals surface area contributed by atoms with Gasteiger partial charge in [-0.2, -0.15) is 0 Å². The minimum atomic E-state index is 0.486. The lowest BCUT2D eigenvalue weighted by Gasteiger charge is -2.15. The minimum Gasteiger partial charge on any atom is -0.378 e. The number of rotatable bonds is 8. The van der Waals surface area contributed by atoms with Gasteiger partial charge in [-0.25, -0.2) is 0 Å². The van der Waals surface area contributed by atoms with Gasteiger partial charge in [-0.3, -0.25) is 0 Å². The lowest BCUT2D eigenvalue weighted by Crippen LogP contribution is -2.12. The minimum absolute atomic E-state index is 0.486. The summed E-state index contributed by atoms with van der Waals surface area (Å²) in [5.41, 5.74) is 0. The van der Waals surface area contributed by atoms with E-state index in [9.17, 15) is 0 Å². The zero-order valence-electron chi connectivity index (χ0n) is 8.51. The molecule has 0 radical (unpaired) electrons. The first kappa shape index (κ1) is 11.7. The van der Waals surface area contributed by atoms with Crippen molar-refractivity contribution in [3.05, 3.63) is 12.7 Å². The predicted octanol–water partition coefficient (Wildman–Crippen LogP) is 3.55. The van der Waals surface area contributed by atoms with Gasteiger partial charge in [0.1, 0.15) is 0 Å². The van der Waals surface area contributed by atoms with E-state index in [1.165, 1.54) is 25.7 Å². The number of ether oxygens (including phenoxy) is 1. The molecule has 0 aliphatic rings. The fraction of sp³-hybridized carbons (Fsp3) is 0.818. The second kappa shape index (κ2) is 8.79. The maximum atomic E-state index is 5.69. The molecule has 1 nitrogen and oxygen atoms in total. The summed E-state index contributed by atoms with van der Waals surface area (Å²) in [7, 11) is 0. The van der Waals surface area contributed by atoms with E-state index in [2.05, 4.69) is 20.4 Å². The van der Waals surface area contributed by atoms with Crippen LogP contribution < -0.4 is 0 Å². The van der Waals surface area contributed by atoms with Crippen LogP contribution in [-0.4, -0.2) is 12.7 Å². The fourth-order valence-electron chi connectivity index (χ4n) is 1.27. The third-order valence-electron chi connectivity index (χ3n) is 1.90. The predicted molar refractivity (Wildman–Crippen MR) is 54.4 cm³/mol. The summed E-state index contributed by atoms with van der Waals surface area (Å²) in [4.78, 5) is 0. The molecule has 0 aromatic heterocycles. The van der Waals surface area contributed by atoms with Crippen molar-refractivity contribution >= 4 is 0 Å². The summed E-state index contributed by atoms with van der Waals surface area (Å²) in [5.74, 6) is 0. The SMILES string of the molecule is C=CCCOC(CCC)CCC. The first-order valence-electron chi connectivity index (χ1n) is 5.07. The molecule has 0 heterocycles. The molecule has 72 valence electrons. The second-order valence-electron chi connectivity index (χ2n) is 3.15. The lowest BCUT2D eigenvalue weighted by atomic mass is 10.1. The van der Waals surface area contributed by atoms with Crippen molar-refractivity contribution in [2.24, 2.45) is 0 Å². The zero-order valence-corrected chi connectivity index (χ0v) is 8.51. The molecule has 0 amide bonds. The quantitative estimate of drug-likeness (QED) is 0.400. The highest BCUT2D eigenvalue weighted by Gasteiger charge is 2.04. The van der Waals surface area contributed by atoms with Crippen molar-refractivity contribution in [2.75, 3.05) is 6.61 Å². The summed E-state index contributed by atoms with van der Waals surface area (Å²) in [6.07, 6.45) is 8.21. The molecule has 0 saturated carbocycles. The monoisotopic (exact) mass is 170 g/mol. The molecule has 0 fully saturated rings. The van der Waals surface area contributed by atoms with Crippen LogP contribution in [0.2, 0.25) is 0 Å². The fourth-order valence-corrected chi connectivity index (χ4v) is 1.27. The molecular formula is C11H22O. The summed E-state index contributed by atoms with van der Waals surface area (Å²) >= 11 is 0. The second-order valence-corrected chi connectivity index (χ2v) is 3.15. The molecule has 12 heavy (non-hydrogen) atoms. The Morgan fingerprint density at radius 2 is 1.83 bits per heavy atom. The van der Waals surface area contributed by atoms with Gasteiger partial charge in [-0.1, -0.05) is 32.8 Å². The Morgan fingerprint density at radius 1 is 1.25 bits per heavy atom. The van der Waals surface area contributed by atoms with Gasteiger partial charge in [-0.15, -0.1) is 6.58 Å². The smallest absolute Gasteiger partial charge is 0.0575 e. The molecule has 0 aromatic rings. The Balaban J connectivity index is 3.40. The average molecular weight is 170 g/mol. The first-order chi connectivity index (χ1) is 5.85. The summed E-state index contributed by atoms with van der Waals surface area (Å²) in [5, 5.41) is 0. The van der Waals surface area contributed by atoms with E-state index in [0.29, 0.717) is 6.10 Å². The molecule has 0 N–H and O–H groups in total. The van der Waals surface area contributed by atoms with Crippen LogP contribution in [0.5, 0.6) is 0 Å². The van der Waals surface area contributed by atoms with Crippen molar-refractivity contribution in [1.29, 1.82) is 0 Å². The third kappa shape index (κ3) is 6.41. The molecule has 0 unspecified atom stereocenters. The molecule has 0 bridgehead atoms. The molecule has 0 saturated heterocycles. The normalized spacial score (nSPS) is 10.6. The summed E-state index contributed by atoms with van der Waals surface area (Å²) < 4.78 is 5.69. The van der Waals surface area contributed by atoms with Crippen LogP contribution in [0.1, 0.15) is 46.0 Å². The van der Waals surface area contributed by atoms with E-state index in [4.69, 9.17) is 4.74 Å². The number of hydrogen-bond donors (Lipinski definition) is 0. The summed E-state index contributed by atoms with van der Waals surface area (Å²) in [6, 6.07) is 0. The number of hydrogen-bond acceptors (Lipinski definition) is 1. The largest absolute Gasteiger partial charge is 0.378 e. The van der Waals surface area contributed by atoms with Crippen molar-refractivity contribution in [1.82, 2.24) is 0 Å². The highest BCUT2D eigenvalue weighted by atomic mass is 16.5. The highest BCUT2D eigenvalue weighted by Crippen LogP contribution is 2.09. The van der Waals surface area contributed by atoms with Crippen molar-refractivity contribution < 1.29 is 4.74 Å². The Morgan fingerprint density at radius 3 is 2.25 bits per heavy atom. The first-order valence-corrected chi connectivity index (χ1v) is 5.07. The average Bonchev–Trinajstić information content (AvgIpc) is 2.06. The summed E-state index contributed by atoms with van der Waals surface area (Å²) in [6.45, 7) is 8.93. The van der Waals surface area contributed by atoms with Crippen LogP contribution in [0.4, 0.5) is 0 Å². The van der Waals surface area contributed by atoms with Gasteiger partial charge >= 0.3 is 0 Å². The molecule has 0 aliphatic heterocycles. The van der Waals surface area contributed by atoms with E-state index in [-0.39, 0.29) is 0 Å². The molecule has 0 spiro atoms. The van der Waals surface area contributed by atoms with Crippen LogP contribution in [0.25, 0.3) is 0 Å². The zero-order chi connectivity index (χ0) is 9.23. The highest BCUT2D eigenvalue weighted by molar-refractivity contribution is 4.66. The van der Waals surface area contributed by atoms with E-state index < -0.39 is 0 Å². The van der Waals surface area contributed by atoms with E-state index in [0.717, 1.165) is 13.0 Å². The Kier molecular flexibility index (Phi) is 8.57. The standard InChI is InChI=1S/C11H22O/c1-4-7-10-12-11(8-5-2)9-6-3/h4,11H,1,5-10H2,2-3H3. The van der Waals surface area contributed by atoms with Gasteiger partial charge in [0.25, 0.3) is 0 Å². The van der Waals surface area contributed by atoms with Crippen LogP contribution >= 0.6 is 0 Å². The molecule has 0 atom stereocenters. The Hall–Kier alpha value is -0.300. The molecule has 0 rings (SSSR count). The van der Waals surface area contributed by atoms with Gasteiger partial charge < -0.3 is 4.74 Å². The van der Waals surface area contributed by atoms with Crippen LogP contribution in [-0.2, 0) is 4.74 Å². The van der Waals surface area contributed by atoms with Crippen LogP contribution in [0.15, 0.2) is 12.7 Å². The molecule has 1 heteroatoms. The maximum Gasteiger partial charge on any atom is 0.0575 e. The van der Waals surface area contributed by atoms with Gasteiger partial charge in [0.2, 0.25) is 0 Å². The van der Waals surface area contributed by atoms with Crippen LogP contribution in [0.3, 0.4) is 0 Å². The van der Waals surface area contributed by atoms with E-state index >= 15 is 0 Å². The topological polar surface area (TPSA) is 9.23 Å². The van der Waals surface area contributed by atoms with Crippen molar-refractivity contribution in [3.63, 3.8) is 0 Å². The van der Waals surface area contributed by atoms with Crippen molar-refractivity contribution in [3.8, 4) is 0 Å². The third-order valence-corrected chi connectivity index (χ3v) is 1.90. The van der Waals surface area contributed by atoms with Gasteiger partial charge in [0, 0.05) is 0 Å².